The fraction of sp³-hybridized carbons (Fsp3) is 0.381. The highest BCUT2D eigenvalue weighted by Gasteiger charge is 2.31. The number of hydrogen-bond acceptors (Lipinski definition) is 6. The second kappa shape index (κ2) is 9.47. The van der Waals surface area contributed by atoms with Gasteiger partial charge >= 0.3 is 0 Å². The van der Waals surface area contributed by atoms with E-state index in [1.54, 1.807) is 30.3 Å². The molecule has 0 saturated carbocycles. The van der Waals surface area contributed by atoms with Gasteiger partial charge in [-0.15, -0.1) is 0 Å². The molecule has 0 aromatic heterocycles. The number of ether oxygens (including phenoxy) is 1. The maximum absolute atomic E-state index is 13.0. The molecule has 0 aliphatic carbocycles. The van der Waals surface area contributed by atoms with Crippen LogP contribution in [0.15, 0.2) is 53.4 Å². The molecule has 3 rings (SSSR count). The number of carbonyl (C=O) groups is 1. The van der Waals surface area contributed by atoms with Crippen LogP contribution < -0.4 is 14.4 Å². The Hall–Kier alpha value is -2.63. The van der Waals surface area contributed by atoms with Gasteiger partial charge in [-0.3, -0.25) is 9.10 Å². The van der Waals surface area contributed by atoms with E-state index in [1.807, 2.05) is 0 Å². The van der Waals surface area contributed by atoms with Crippen LogP contribution in [-0.4, -0.2) is 59.5 Å². The van der Waals surface area contributed by atoms with Crippen molar-refractivity contribution in [2.24, 2.45) is 0 Å². The van der Waals surface area contributed by atoms with E-state index in [0.717, 1.165) is 23.4 Å². The van der Waals surface area contributed by atoms with Crippen molar-refractivity contribution in [1.82, 2.24) is 4.31 Å². The Labute approximate surface area is 189 Å². The van der Waals surface area contributed by atoms with Gasteiger partial charge in [-0.2, -0.15) is 4.31 Å². The highest BCUT2D eigenvalue weighted by atomic mass is 32.2. The third-order valence-corrected chi connectivity index (χ3v) is 8.37. The molecule has 1 N–H and O–H groups in total. The summed E-state index contributed by atoms with van der Waals surface area (Å²) in [4.78, 5) is 13.1. The van der Waals surface area contributed by atoms with Crippen LogP contribution in [0, 0.1) is 0 Å². The summed E-state index contributed by atoms with van der Waals surface area (Å²) in [5, 5.41) is 2.63. The molecule has 1 amide bonds. The predicted molar refractivity (Wildman–Crippen MR) is 123 cm³/mol. The lowest BCUT2D eigenvalue weighted by Crippen LogP contribution is -2.45. The van der Waals surface area contributed by atoms with Gasteiger partial charge in [0.15, 0.2) is 0 Å². The number of nitrogens with one attached hydrogen (secondary N) is 1. The molecule has 11 heteroatoms. The third kappa shape index (κ3) is 5.05. The molecule has 1 fully saturated rings. The van der Waals surface area contributed by atoms with Crippen molar-refractivity contribution in [3.05, 3.63) is 48.5 Å². The van der Waals surface area contributed by atoms with Gasteiger partial charge in [-0.05, 0) is 50.1 Å². The van der Waals surface area contributed by atoms with E-state index < -0.39 is 32.0 Å². The van der Waals surface area contributed by atoms with Crippen LogP contribution in [0.25, 0.3) is 0 Å². The number of amides is 1. The number of methoxy groups -OCH3 is 1. The van der Waals surface area contributed by atoms with E-state index in [4.69, 9.17) is 4.74 Å². The zero-order valence-electron chi connectivity index (χ0n) is 18.2. The maximum Gasteiger partial charge on any atom is 0.248 e. The number of anilines is 2. The molecule has 174 valence electrons. The van der Waals surface area contributed by atoms with Crippen LogP contribution in [0.2, 0.25) is 0 Å². The third-order valence-electron chi connectivity index (χ3n) is 5.23. The molecule has 1 aliphatic heterocycles. The molecular weight excluding hydrogens is 454 g/mol. The highest BCUT2D eigenvalue weighted by Crippen LogP contribution is 2.31. The molecule has 0 bridgehead atoms. The average Bonchev–Trinajstić information content (AvgIpc) is 3.29. The summed E-state index contributed by atoms with van der Waals surface area (Å²) in [5.41, 5.74) is 0.487. The average molecular weight is 482 g/mol. The first-order chi connectivity index (χ1) is 15.1. The smallest absolute Gasteiger partial charge is 0.248 e. The first kappa shape index (κ1) is 24.0. The summed E-state index contributed by atoms with van der Waals surface area (Å²) in [6.45, 7) is 2.36. The Balaban J connectivity index is 1.92. The second-order valence-electron chi connectivity index (χ2n) is 7.53. The van der Waals surface area contributed by atoms with Gasteiger partial charge in [-0.25, -0.2) is 16.8 Å². The largest absolute Gasteiger partial charge is 0.495 e. The quantitative estimate of drug-likeness (QED) is 0.619. The summed E-state index contributed by atoms with van der Waals surface area (Å²) >= 11 is 0. The summed E-state index contributed by atoms with van der Waals surface area (Å²) < 4.78 is 58.4. The van der Waals surface area contributed by atoms with E-state index >= 15 is 0 Å². The van der Waals surface area contributed by atoms with Crippen LogP contribution in [-0.2, 0) is 24.8 Å². The SMILES string of the molecule is COc1ccc(S(=O)(=O)N2CCCC2)cc1NC(=O)[C@@H](C)N(c1ccccc1)S(C)(=O)=O. The van der Waals surface area contributed by atoms with Crippen molar-refractivity contribution in [2.75, 3.05) is 36.1 Å². The molecule has 0 unspecified atom stereocenters. The summed E-state index contributed by atoms with van der Waals surface area (Å²) in [6, 6.07) is 11.4. The molecule has 32 heavy (non-hydrogen) atoms. The monoisotopic (exact) mass is 481 g/mol. The Morgan fingerprint density at radius 1 is 1.06 bits per heavy atom. The van der Waals surface area contributed by atoms with Crippen LogP contribution in [0.1, 0.15) is 19.8 Å². The fourth-order valence-corrected chi connectivity index (χ4v) is 6.36. The van der Waals surface area contributed by atoms with Gasteiger partial charge in [0.2, 0.25) is 26.0 Å². The summed E-state index contributed by atoms with van der Waals surface area (Å²) in [5.74, 6) is -0.371. The van der Waals surface area contributed by atoms with Crippen molar-refractivity contribution in [3.8, 4) is 5.75 Å². The Morgan fingerprint density at radius 2 is 1.69 bits per heavy atom. The van der Waals surface area contributed by atoms with Crippen molar-refractivity contribution in [1.29, 1.82) is 0 Å². The van der Waals surface area contributed by atoms with E-state index in [1.165, 1.54) is 36.5 Å². The van der Waals surface area contributed by atoms with Crippen LogP contribution in [0.3, 0.4) is 0 Å². The van der Waals surface area contributed by atoms with Crippen molar-refractivity contribution < 1.29 is 26.4 Å². The Kier molecular flexibility index (Phi) is 7.11. The molecule has 1 heterocycles. The zero-order chi connectivity index (χ0) is 23.5. The number of hydrogen-bond donors (Lipinski definition) is 1. The minimum Gasteiger partial charge on any atom is -0.495 e. The second-order valence-corrected chi connectivity index (χ2v) is 11.3. The number of para-hydroxylation sites is 1. The van der Waals surface area contributed by atoms with Crippen LogP contribution in [0.4, 0.5) is 11.4 Å². The molecular formula is C21H27N3O6S2. The lowest BCUT2D eigenvalue weighted by molar-refractivity contribution is -0.116. The van der Waals surface area contributed by atoms with E-state index in [0.29, 0.717) is 18.8 Å². The van der Waals surface area contributed by atoms with Crippen molar-refractivity contribution >= 4 is 37.3 Å². The predicted octanol–water partition coefficient (Wildman–Crippen LogP) is 2.27. The molecule has 1 atom stereocenters. The molecule has 9 nitrogen and oxygen atoms in total. The zero-order valence-corrected chi connectivity index (χ0v) is 19.8. The number of carbonyl (C=O) groups excluding carboxylic acids is 1. The Morgan fingerprint density at radius 3 is 2.25 bits per heavy atom. The molecule has 1 aliphatic rings. The van der Waals surface area contributed by atoms with E-state index in [-0.39, 0.29) is 16.3 Å². The topological polar surface area (TPSA) is 113 Å². The van der Waals surface area contributed by atoms with Gasteiger partial charge < -0.3 is 10.1 Å². The van der Waals surface area contributed by atoms with Crippen molar-refractivity contribution in [2.45, 2.75) is 30.7 Å². The van der Waals surface area contributed by atoms with Gasteiger partial charge in [0, 0.05) is 13.1 Å². The number of nitrogens with zero attached hydrogens (tertiary/aromatic N) is 2. The van der Waals surface area contributed by atoms with Gasteiger partial charge in [-0.1, -0.05) is 18.2 Å². The van der Waals surface area contributed by atoms with Gasteiger partial charge in [0.1, 0.15) is 11.8 Å². The molecule has 0 radical (unpaired) electrons. The molecule has 2 aromatic rings. The number of sulfonamides is 2. The lowest BCUT2D eigenvalue weighted by Gasteiger charge is -2.28. The number of rotatable bonds is 8. The maximum atomic E-state index is 13.0. The van der Waals surface area contributed by atoms with E-state index in [2.05, 4.69) is 5.32 Å². The van der Waals surface area contributed by atoms with E-state index in [9.17, 15) is 21.6 Å². The Bertz CT molecular complexity index is 1180. The van der Waals surface area contributed by atoms with Crippen LogP contribution in [0.5, 0.6) is 5.75 Å². The van der Waals surface area contributed by atoms with Gasteiger partial charge in [0.05, 0.1) is 29.6 Å². The molecule has 2 aromatic carbocycles. The standard InChI is InChI=1S/C21H27N3O6S2/c1-16(24(31(3,26)27)17-9-5-4-6-10-17)21(25)22-19-15-18(11-12-20(19)30-2)32(28,29)23-13-7-8-14-23/h4-6,9-12,15-16H,7-8,13-14H2,1-3H3,(H,22,25)/t16-/m1/s1. The number of benzene rings is 2. The van der Waals surface area contributed by atoms with Crippen LogP contribution >= 0.6 is 0 Å². The first-order valence-electron chi connectivity index (χ1n) is 10.1. The normalized spacial score (nSPS) is 15.8. The fourth-order valence-electron chi connectivity index (χ4n) is 3.64. The minimum absolute atomic E-state index is 0.0335. The first-order valence-corrected chi connectivity index (χ1v) is 13.4. The molecule has 1 saturated heterocycles. The highest BCUT2D eigenvalue weighted by molar-refractivity contribution is 7.92. The minimum atomic E-state index is -3.77. The summed E-state index contributed by atoms with van der Waals surface area (Å²) in [7, 11) is -6.08. The van der Waals surface area contributed by atoms with Crippen molar-refractivity contribution in [3.63, 3.8) is 0 Å². The van der Waals surface area contributed by atoms with Gasteiger partial charge in [0.25, 0.3) is 0 Å². The molecule has 0 spiro atoms. The lowest BCUT2D eigenvalue weighted by atomic mass is 10.2. The summed E-state index contributed by atoms with van der Waals surface area (Å²) in [6.07, 6.45) is 2.63.